The van der Waals surface area contributed by atoms with Gasteiger partial charge in [0.1, 0.15) is 6.04 Å². The maximum absolute atomic E-state index is 12.7. The van der Waals surface area contributed by atoms with Gasteiger partial charge in [0, 0.05) is 23.6 Å². The quantitative estimate of drug-likeness (QED) is 0.426. The molecule has 1 fully saturated rings. The summed E-state index contributed by atoms with van der Waals surface area (Å²) in [6.45, 7) is 0.257. The summed E-state index contributed by atoms with van der Waals surface area (Å²) in [6.07, 6.45) is 5.66. The van der Waals surface area contributed by atoms with Gasteiger partial charge in [-0.1, -0.05) is 42.5 Å². The molecular weight excluding hydrogens is 458 g/mol. The topological polar surface area (TPSA) is 104 Å². The van der Waals surface area contributed by atoms with Crippen LogP contribution in [0.2, 0.25) is 0 Å². The lowest BCUT2D eigenvalue weighted by atomic mass is 10.2. The first kappa shape index (κ1) is 25.0. The Morgan fingerprint density at radius 1 is 1.09 bits per heavy atom. The fourth-order valence-electron chi connectivity index (χ4n) is 3.06. The van der Waals surface area contributed by atoms with Crippen molar-refractivity contribution in [2.75, 3.05) is 17.3 Å². The van der Waals surface area contributed by atoms with Crippen LogP contribution < -0.4 is 15.4 Å². The molecule has 0 radical (unpaired) electrons. The Kier molecular flexibility index (Phi) is 9.11. The average molecular weight is 488 g/mol. The van der Waals surface area contributed by atoms with E-state index in [0.717, 1.165) is 35.1 Å². The van der Waals surface area contributed by atoms with Gasteiger partial charge in [-0.2, -0.15) is 16.5 Å². The van der Waals surface area contributed by atoms with Crippen LogP contribution in [0.15, 0.2) is 60.0 Å². The van der Waals surface area contributed by atoms with E-state index in [-0.39, 0.29) is 24.3 Å². The number of nitrogens with one attached hydrogen (secondary N) is 3. The lowest BCUT2D eigenvalue weighted by Gasteiger charge is -2.17. The summed E-state index contributed by atoms with van der Waals surface area (Å²) < 4.78 is 27.5. The maximum atomic E-state index is 12.7. The Hall–Kier alpha value is -2.62. The Morgan fingerprint density at radius 2 is 1.79 bits per heavy atom. The van der Waals surface area contributed by atoms with Crippen LogP contribution in [-0.2, 0) is 26.2 Å². The summed E-state index contributed by atoms with van der Waals surface area (Å²) in [5.74, 6) is 0.430. The minimum Gasteiger partial charge on any atom is -0.351 e. The Morgan fingerprint density at radius 3 is 2.42 bits per heavy atom. The van der Waals surface area contributed by atoms with Crippen LogP contribution in [-0.4, -0.2) is 38.3 Å². The monoisotopic (exact) mass is 487 g/mol. The highest BCUT2D eigenvalue weighted by Gasteiger charge is 2.29. The van der Waals surface area contributed by atoms with Gasteiger partial charge >= 0.3 is 0 Å². The van der Waals surface area contributed by atoms with Crippen molar-refractivity contribution < 1.29 is 18.0 Å². The minimum absolute atomic E-state index is 0.0429. The number of carbonyl (C=O) groups is 2. The molecule has 2 aromatic carbocycles. The molecule has 176 valence electrons. The number of sulfonamides is 1. The van der Waals surface area contributed by atoms with Crippen LogP contribution in [0.5, 0.6) is 0 Å². The molecule has 1 unspecified atom stereocenters. The van der Waals surface area contributed by atoms with Gasteiger partial charge < -0.3 is 10.6 Å². The fraction of sp³-hybridized carbons (Fsp3) is 0.333. The van der Waals surface area contributed by atoms with E-state index in [0.29, 0.717) is 12.2 Å². The summed E-state index contributed by atoms with van der Waals surface area (Å²) in [6, 6.07) is 15.5. The average Bonchev–Trinajstić information content (AvgIpc) is 3.66. The first-order valence-electron chi connectivity index (χ1n) is 10.8. The molecule has 0 spiro atoms. The zero-order valence-corrected chi connectivity index (χ0v) is 20.1. The van der Waals surface area contributed by atoms with E-state index in [1.807, 2.05) is 36.6 Å². The number of hydrogen-bond acceptors (Lipinski definition) is 5. The van der Waals surface area contributed by atoms with Gasteiger partial charge in [0.15, 0.2) is 0 Å². The van der Waals surface area contributed by atoms with Crippen LogP contribution in [0.3, 0.4) is 0 Å². The SMILES string of the molecule is CSCCC(NS(=O)(=O)/C=C/c1ccccc1)C(=O)NCc1ccc(NC(=O)C2CC2)cc1. The summed E-state index contributed by atoms with van der Waals surface area (Å²) in [5, 5.41) is 6.76. The van der Waals surface area contributed by atoms with E-state index in [2.05, 4.69) is 15.4 Å². The Balaban J connectivity index is 1.55. The van der Waals surface area contributed by atoms with Crippen LogP contribution in [0.4, 0.5) is 5.69 Å². The maximum Gasteiger partial charge on any atom is 0.238 e. The largest absolute Gasteiger partial charge is 0.351 e. The second-order valence-corrected chi connectivity index (χ2v) is 10.5. The first-order valence-corrected chi connectivity index (χ1v) is 13.7. The van der Waals surface area contributed by atoms with Crippen LogP contribution in [0.1, 0.15) is 30.4 Å². The van der Waals surface area contributed by atoms with Crippen molar-refractivity contribution in [3.63, 3.8) is 0 Å². The summed E-state index contributed by atoms with van der Waals surface area (Å²) >= 11 is 1.54. The number of amides is 2. The molecule has 1 saturated carbocycles. The highest BCUT2D eigenvalue weighted by molar-refractivity contribution is 7.98. The first-order chi connectivity index (χ1) is 15.9. The van der Waals surface area contributed by atoms with E-state index in [4.69, 9.17) is 0 Å². The normalized spacial score (nSPS) is 14.7. The van der Waals surface area contributed by atoms with Gasteiger partial charge in [-0.3, -0.25) is 9.59 Å². The molecule has 0 bridgehead atoms. The summed E-state index contributed by atoms with van der Waals surface area (Å²) in [5.41, 5.74) is 2.32. The van der Waals surface area contributed by atoms with Crippen molar-refractivity contribution >= 4 is 45.4 Å². The molecule has 0 heterocycles. The molecule has 33 heavy (non-hydrogen) atoms. The van der Waals surface area contributed by atoms with Crippen molar-refractivity contribution in [1.29, 1.82) is 0 Å². The van der Waals surface area contributed by atoms with Gasteiger partial charge in [0.2, 0.25) is 21.8 Å². The fourth-order valence-corrected chi connectivity index (χ4v) is 4.56. The second kappa shape index (κ2) is 12.0. The standard InChI is InChI=1S/C24H29N3O4S2/c1-32-15-13-22(27-33(30,31)16-14-18-5-3-2-4-6-18)24(29)25-17-19-7-11-21(12-8-19)26-23(28)20-9-10-20/h2-8,11-12,14,16,20,22,27H,9-10,13,15,17H2,1H3,(H,25,29)(H,26,28)/b16-14+. The minimum atomic E-state index is -3.80. The number of benzene rings is 2. The third-order valence-corrected chi connectivity index (χ3v) is 6.86. The van der Waals surface area contributed by atoms with Crippen molar-refractivity contribution in [1.82, 2.24) is 10.0 Å². The molecule has 3 rings (SSSR count). The predicted molar refractivity (Wildman–Crippen MR) is 134 cm³/mol. The van der Waals surface area contributed by atoms with E-state index in [1.54, 1.807) is 36.0 Å². The smallest absolute Gasteiger partial charge is 0.238 e. The van der Waals surface area contributed by atoms with Gasteiger partial charge in [0.25, 0.3) is 0 Å². The van der Waals surface area contributed by atoms with Crippen LogP contribution in [0.25, 0.3) is 6.08 Å². The third-order valence-electron chi connectivity index (χ3n) is 5.11. The van der Waals surface area contributed by atoms with Crippen molar-refractivity contribution in [3.8, 4) is 0 Å². The molecule has 2 aromatic rings. The van der Waals surface area contributed by atoms with Gasteiger partial charge in [-0.15, -0.1) is 0 Å². The van der Waals surface area contributed by atoms with Gasteiger partial charge in [0.05, 0.1) is 0 Å². The zero-order chi connectivity index (χ0) is 23.7. The molecular formula is C24H29N3O4S2. The molecule has 9 heteroatoms. The molecule has 0 saturated heterocycles. The molecule has 1 aliphatic carbocycles. The lowest BCUT2D eigenvalue weighted by molar-refractivity contribution is -0.123. The number of anilines is 1. The summed E-state index contributed by atoms with van der Waals surface area (Å²) in [4.78, 5) is 24.6. The molecule has 3 N–H and O–H groups in total. The molecule has 7 nitrogen and oxygen atoms in total. The molecule has 1 atom stereocenters. The molecule has 1 aliphatic rings. The molecule has 2 amide bonds. The molecule has 0 aliphatic heterocycles. The lowest BCUT2D eigenvalue weighted by Crippen LogP contribution is -2.46. The molecule has 0 aromatic heterocycles. The van der Waals surface area contributed by atoms with Gasteiger partial charge in [-0.25, -0.2) is 8.42 Å². The van der Waals surface area contributed by atoms with Gasteiger partial charge in [-0.05, 0) is 60.6 Å². The van der Waals surface area contributed by atoms with Crippen LogP contribution >= 0.6 is 11.8 Å². The predicted octanol–water partition coefficient (Wildman–Crippen LogP) is 3.36. The summed E-state index contributed by atoms with van der Waals surface area (Å²) in [7, 11) is -3.80. The van der Waals surface area contributed by atoms with E-state index in [1.165, 1.54) is 6.08 Å². The zero-order valence-electron chi connectivity index (χ0n) is 18.5. The third kappa shape index (κ3) is 8.68. The highest BCUT2D eigenvalue weighted by Crippen LogP contribution is 2.30. The van der Waals surface area contributed by atoms with E-state index < -0.39 is 16.1 Å². The van der Waals surface area contributed by atoms with E-state index in [9.17, 15) is 18.0 Å². The number of rotatable bonds is 12. The number of thioether (sulfide) groups is 1. The number of carbonyl (C=O) groups excluding carboxylic acids is 2. The highest BCUT2D eigenvalue weighted by atomic mass is 32.2. The Labute approximate surface area is 199 Å². The second-order valence-electron chi connectivity index (χ2n) is 7.89. The van der Waals surface area contributed by atoms with Crippen molar-refractivity contribution in [3.05, 3.63) is 71.1 Å². The van der Waals surface area contributed by atoms with Crippen LogP contribution in [0, 0.1) is 5.92 Å². The van der Waals surface area contributed by atoms with Crippen molar-refractivity contribution in [2.24, 2.45) is 5.92 Å². The van der Waals surface area contributed by atoms with Crippen molar-refractivity contribution in [2.45, 2.75) is 31.8 Å². The number of hydrogen-bond donors (Lipinski definition) is 3. The van der Waals surface area contributed by atoms with E-state index >= 15 is 0 Å². The Bertz CT molecular complexity index is 1070.